The SMILES string of the molecule is CO[C@H]1CCN(C(=O)OC(C)(C)C)C[C@@H]1Oc1cccc(C)c1. The Bertz CT molecular complexity index is 538. The van der Waals surface area contributed by atoms with E-state index in [1.165, 1.54) is 0 Å². The summed E-state index contributed by atoms with van der Waals surface area (Å²) < 4.78 is 17.1. The lowest BCUT2D eigenvalue weighted by molar-refractivity contribution is -0.0537. The Hall–Kier alpha value is -1.75. The fourth-order valence-corrected chi connectivity index (χ4v) is 2.63. The molecule has 2 atom stereocenters. The summed E-state index contributed by atoms with van der Waals surface area (Å²) in [6.45, 7) is 8.70. The van der Waals surface area contributed by atoms with E-state index in [1.54, 1.807) is 12.0 Å². The van der Waals surface area contributed by atoms with Crippen LogP contribution in [0.5, 0.6) is 5.75 Å². The van der Waals surface area contributed by atoms with Crippen molar-refractivity contribution in [3.63, 3.8) is 0 Å². The van der Waals surface area contributed by atoms with Gasteiger partial charge in [-0.1, -0.05) is 12.1 Å². The minimum absolute atomic E-state index is 0.0331. The predicted molar refractivity (Wildman–Crippen MR) is 88.8 cm³/mol. The minimum atomic E-state index is -0.498. The Morgan fingerprint density at radius 3 is 2.61 bits per heavy atom. The first-order valence-corrected chi connectivity index (χ1v) is 8.02. The number of likely N-dealkylation sites (tertiary alicyclic amines) is 1. The Kier molecular flexibility index (Phi) is 5.52. The Labute approximate surface area is 138 Å². The second-order valence-electron chi connectivity index (χ2n) is 6.96. The second kappa shape index (κ2) is 7.21. The van der Waals surface area contributed by atoms with Crippen LogP contribution < -0.4 is 4.74 Å². The van der Waals surface area contributed by atoms with E-state index in [1.807, 2.05) is 52.0 Å². The van der Waals surface area contributed by atoms with Gasteiger partial charge in [0.25, 0.3) is 0 Å². The number of hydrogen-bond donors (Lipinski definition) is 0. The molecule has 1 fully saturated rings. The van der Waals surface area contributed by atoms with E-state index in [2.05, 4.69) is 0 Å². The van der Waals surface area contributed by atoms with Crippen LogP contribution in [0.4, 0.5) is 4.79 Å². The van der Waals surface area contributed by atoms with Gasteiger partial charge in [-0.05, 0) is 51.8 Å². The number of benzene rings is 1. The number of carbonyl (C=O) groups is 1. The Morgan fingerprint density at radius 2 is 2.00 bits per heavy atom. The van der Waals surface area contributed by atoms with E-state index in [0.717, 1.165) is 17.7 Å². The molecule has 0 spiro atoms. The molecule has 1 aromatic carbocycles. The van der Waals surface area contributed by atoms with E-state index in [4.69, 9.17) is 14.2 Å². The zero-order chi connectivity index (χ0) is 17.0. The van der Waals surface area contributed by atoms with Crippen LogP contribution in [-0.4, -0.2) is 49.0 Å². The minimum Gasteiger partial charge on any atom is -0.486 e. The third kappa shape index (κ3) is 5.13. The molecule has 1 saturated heterocycles. The van der Waals surface area contributed by atoms with Gasteiger partial charge in [-0.15, -0.1) is 0 Å². The van der Waals surface area contributed by atoms with Crippen LogP contribution in [-0.2, 0) is 9.47 Å². The number of piperidine rings is 1. The average molecular weight is 321 g/mol. The quantitative estimate of drug-likeness (QED) is 0.856. The molecule has 1 aliphatic heterocycles. The normalized spacial score (nSPS) is 21.9. The van der Waals surface area contributed by atoms with Gasteiger partial charge in [-0.3, -0.25) is 0 Å². The van der Waals surface area contributed by atoms with Crippen molar-refractivity contribution in [3.05, 3.63) is 29.8 Å². The number of nitrogens with zero attached hydrogens (tertiary/aromatic N) is 1. The van der Waals surface area contributed by atoms with Crippen molar-refractivity contribution >= 4 is 6.09 Å². The first kappa shape index (κ1) is 17.6. The number of carbonyl (C=O) groups excluding carboxylic acids is 1. The highest BCUT2D eigenvalue weighted by Crippen LogP contribution is 2.23. The molecular formula is C18H27NO4. The number of ether oxygens (including phenoxy) is 3. The maximum absolute atomic E-state index is 12.3. The summed E-state index contributed by atoms with van der Waals surface area (Å²) in [5.74, 6) is 0.795. The summed E-state index contributed by atoms with van der Waals surface area (Å²) in [6.07, 6.45) is 0.189. The maximum atomic E-state index is 12.3. The number of rotatable bonds is 3. The van der Waals surface area contributed by atoms with Gasteiger partial charge < -0.3 is 19.1 Å². The maximum Gasteiger partial charge on any atom is 0.410 e. The summed E-state index contributed by atoms with van der Waals surface area (Å²) in [7, 11) is 1.68. The number of amides is 1. The van der Waals surface area contributed by atoms with Crippen molar-refractivity contribution in [2.24, 2.45) is 0 Å². The summed E-state index contributed by atoms with van der Waals surface area (Å²) in [6, 6.07) is 7.89. The highest BCUT2D eigenvalue weighted by Gasteiger charge is 2.35. The van der Waals surface area contributed by atoms with E-state index in [0.29, 0.717) is 13.1 Å². The molecule has 1 aliphatic rings. The van der Waals surface area contributed by atoms with Gasteiger partial charge >= 0.3 is 6.09 Å². The molecule has 1 heterocycles. The molecule has 0 unspecified atom stereocenters. The van der Waals surface area contributed by atoms with Crippen molar-refractivity contribution < 1.29 is 19.0 Å². The largest absolute Gasteiger partial charge is 0.486 e. The molecule has 0 N–H and O–H groups in total. The Balaban J connectivity index is 2.05. The van der Waals surface area contributed by atoms with Gasteiger partial charge in [0.1, 0.15) is 17.5 Å². The van der Waals surface area contributed by atoms with Crippen LogP contribution in [0, 0.1) is 6.92 Å². The van der Waals surface area contributed by atoms with Crippen LogP contribution in [0.15, 0.2) is 24.3 Å². The highest BCUT2D eigenvalue weighted by molar-refractivity contribution is 5.68. The summed E-state index contributed by atoms with van der Waals surface area (Å²) in [5, 5.41) is 0. The summed E-state index contributed by atoms with van der Waals surface area (Å²) in [4.78, 5) is 14.0. The molecule has 0 saturated carbocycles. The molecule has 0 bridgehead atoms. The first-order chi connectivity index (χ1) is 10.8. The van der Waals surface area contributed by atoms with Gasteiger partial charge in [-0.25, -0.2) is 4.79 Å². The molecular weight excluding hydrogens is 294 g/mol. The summed E-state index contributed by atoms with van der Waals surface area (Å²) >= 11 is 0. The highest BCUT2D eigenvalue weighted by atomic mass is 16.6. The molecule has 5 nitrogen and oxygen atoms in total. The standard InChI is InChI=1S/C18H27NO4/c1-13-7-6-8-14(11-13)22-16-12-19(10-9-15(16)21-5)17(20)23-18(2,3)4/h6-8,11,15-16H,9-10,12H2,1-5H3/t15-,16-/m0/s1. The molecule has 0 aliphatic carbocycles. The van der Waals surface area contributed by atoms with Crippen LogP contribution >= 0.6 is 0 Å². The molecule has 23 heavy (non-hydrogen) atoms. The Morgan fingerprint density at radius 1 is 1.26 bits per heavy atom. The third-order valence-electron chi connectivity index (χ3n) is 3.73. The van der Waals surface area contributed by atoms with Gasteiger partial charge in [-0.2, -0.15) is 0 Å². The third-order valence-corrected chi connectivity index (χ3v) is 3.73. The van der Waals surface area contributed by atoms with Gasteiger partial charge in [0.15, 0.2) is 0 Å². The van der Waals surface area contributed by atoms with Crippen LogP contribution in [0.2, 0.25) is 0 Å². The van der Waals surface area contributed by atoms with Crippen molar-refractivity contribution in [3.8, 4) is 5.75 Å². The van der Waals surface area contributed by atoms with E-state index >= 15 is 0 Å². The lowest BCUT2D eigenvalue weighted by Gasteiger charge is -2.38. The number of hydrogen-bond acceptors (Lipinski definition) is 4. The topological polar surface area (TPSA) is 48.0 Å². The summed E-state index contributed by atoms with van der Waals surface area (Å²) in [5.41, 5.74) is 0.638. The van der Waals surface area contributed by atoms with Crippen molar-refractivity contribution in [2.45, 2.75) is 51.9 Å². The molecule has 1 aromatic rings. The monoisotopic (exact) mass is 321 g/mol. The van der Waals surface area contributed by atoms with E-state index in [9.17, 15) is 4.79 Å². The fourth-order valence-electron chi connectivity index (χ4n) is 2.63. The molecule has 0 radical (unpaired) electrons. The molecule has 2 rings (SSSR count). The van der Waals surface area contributed by atoms with Crippen molar-refractivity contribution in [2.75, 3.05) is 20.2 Å². The fraction of sp³-hybridized carbons (Fsp3) is 0.611. The zero-order valence-corrected chi connectivity index (χ0v) is 14.7. The van der Waals surface area contributed by atoms with E-state index in [-0.39, 0.29) is 18.3 Å². The zero-order valence-electron chi connectivity index (χ0n) is 14.7. The lowest BCUT2D eigenvalue weighted by atomic mass is 10.0. The van der Waals surface area contributed by atoms with Gasteiger partial charge in [0, 0.05) is 13.7 Å². The molecule has 5 heteroatoms. The van der Waals surface area contributed by atoms with Crippen LogP contribution in [0.25, 0.3) is 0 Å². The number of methoxy groups -OCH3 is 1. The second-order valence-corrected chi connectivity index (χ2v) is 6.96. The van der Waals surface area contributed by atoms with Crippen molar-refractivity contribution in [1.29, 1.82) is 0 Å². The van der Waals surface area contributed by atoms with Gasteiger partial charge in [0.05, 0.1) is 12.6 Å². The van der Waals surface area contributed by atoms with Crippen molar-refractivity contribution in [1.82, 2.24) is 4.90 Å². The van der Waals surface area contributed by atoms with Crippen LogP contribution in [0.3, 0.4) is 0 Å². The predicted octanol–water partition coefficient (Wildman–Crippen LogP) is 3.40. The van der Waals surface area contributed by atoms with Gasteiger partial charge in [0.2, 0.25) is 0 Å². The van der Waals surface area contributed by atoms with Crippen LogP contribution in [0.1, 0.15) is 32.8 Å². The van der Waals surface area contributed by atoms with E-state index < -0.39 is 5.60 Å². The average Bonchev–Trinajstić information content (AvgIpc) is 2.45. The molecule has 0 aromatic heterocycles. The number of aryl methyl sites for hydroxylation is 1. The first-order valence-electron chi connectivity index (χ1n) is 8.02. The molecule has 1 amide bonds. The lowest BCUT2D eigenvalue weighted by Crippen LogP contribution is -2.53. The smallest absolute Gasteiger partial charge is 0.410 e. The molecule has 128 valence electrons.